The molecule has 1 aromatic heterocycles. The zero-order valence-electron chi connectivity index (χ0n) is 16.5. The maximum absolute atomic E-state index is 13.8. The molecule has 1 N–H and O–H groups in total. The fourth-order valence-electron chi connectivity index (χ4n) is 4.24. The maximum Gasteiger partial charge on any atom is 0.240 e. The summed E-state index contributed by atoms with van der Waals surface area (Å²) in [5.41, 5.74) is 0.439. The Morgan fingerprint density at radius 3 is 3.07 bits per heavy atom. The number of benzene rings is 1. The summed E-state index contributed by atoms with van der Waals surface area (Å²) in [5, 5.41) is 3.40. The van der Waals surface area contributed by atoms with Crippen molar-refractivity contribution >= 4 is 22.4 Å². The van der Waals surface area contributed by atoms with E-state index in [9.17, 15) is 9.18 Å². The van der Waals surface area contributed by atoms with Crippen LogP contribution < -0.4 is 5.32 Å². The molecule has 2 aliphatic heterocycles. The number of nitrogens with zero attached hydrogens (tertiary/aromatic N) is 2. The molecular formula is C21H26FN3O3S. The number of carbonyl (C=O) groups is 1. The van der Waals surface area contributed by atoms with Gasteiger partial charge < -0.3 is 14.8 Å². The molecule has 4 rings (SSSR count). The first-order valence-electron chi connectivity index (χ1n) is 9.95. The molecule has 0 bridgehead atoms. The van der Waals surface area contributed by atoms with Crippen LogP contribution in [0, 0.1) is 5.82 Å². The summed E-state index contributed by atoms with van der Waals surface area (Å²) >= 11 is 1.37. The lowest BCUT2D eigenvalue weighted by atomic mass is 9.86. The molecule has 8 heteroatoms. The largest absolute Gasteiger partial charge is 0.377 e. The van der Waals surface area contributed by atoms with Gasteiger partial charge in [-0.3, -0.25) is 9.69 Å². The van der Waals surface area contributed by atoms with E-state index in [-0.39, 0.29) is 30.0 Å². The number of rotatable bonds is 6. The highest BCUT2D eigenvalue weighted by Gasteiger charge is 2.46. The minimum Gasteiger partial charge on any atom is -0.377 e. The monoisotopic (exact) mass is 419 g/mol. The predicted octanol–water partition coefficient (Wildman–Crippen LogP) is 3.08. The second-order valence-corrected chi connectivity index (χ2v) is 8.79. The van der Waals surface area contributed by atoms with Crippen molar-refractivity contribution in [2.75, 3.05) is 38.7 Å². The number of methoxy groups -OCH3 is 1. The van der Waals surface area contributed by atoms with Crippen LogP contribution in [0.4, 0.5) is 9.52 Å². The summed E-state index contributed by atoms with van der Waals surface area (Å²) in [6, 6.07) is 6.70. The summed E-state index contributed by atoms with van der Waals surface area (Å²) in [5.74, 6) is -0.330. The molecule has 6 nitrogen and oxygen atoms in total. The molecule has 2 aromatic rings. The van der Waals surface area contributed by atoms with E-state index in [1.807, 2.05) is 6.07 Å². The number of hydrogen-bond donors (Lipinski definition) is 1. The molecule has 0 saturated carbocycles. The Morgan fingerprint density at radius 2 is 2.31 bits per heavy atom. The van der Waals surface area contributed by atoms with E-state index in [2.05, 4.69) is 15.2 Å². The predicted molar refractivity (Wildman–Crippen MR) is 110 cm³/mol. The minimum atomic E-state index is -0.228. The summed E-state index contributed by atoms with van der Waals surface area (Å²) in [6.45, 7) is 2.57. The van der Waals surface area contributed by atoms with Gasteiger partial charge in [-0.1, -0.05) is 18.2 Å². The number of aromatic nitrogens is 1. The quantitative estimate of drug-likeness (QED) is 0.780. The highest BCUT2D eigenvalue weighted by molar-refractivity contribution is 7.15. The summed E-state index contributed by atoms with van der Waals surface area (Å²) in [4.78, 5) is 19.8. The van der Waals surface area contributed by atoms with E-state index >= 15 is 0 Å². The number of likely N-dealkylation sites (tertiary alicyclic amines) is 1. The fourth-order valence-corrected chi connectivity index (χ4v) is 5.09. The lowest BCUT2D eigenvalue weighted by molar-refractivity contribution is -0.145. The number of nitrogens with one attached hydrogen (secondary N) is 1. The Hall–Kier alpha value is -1.87. The van der Waals surface area contributed by atoms with E-state index in [0.29, 0.717) is 23.7 Å². The molecule has 156 valence electrons. The molecule has 2 saturated heterocycles. The van der Waals surface area contributed by atoms with Gasteiger partial charge in [-0.2, -0.15) is 0 Å². The van der Waals surface area contributed by atoms with Crippen molar-refractivity contribution in [2.45, 2.75) is 37.4 Å². The van der Waals surface area contributed by atoms with Crippen LogP contribution in [0.1, 0.15) is 29.7 Å². The van der Waals surface area contributed by atoms with Gasteiger partial charge in [0.2, 0.25) is 5.91 Å². The van der Waals surface area contributed by atoms with Crippen molar-refractivity contribution in [3.05, 3.63) is 46.7 Å². The summed E-state index contributed by atoms with van der Waals surface area (Å²) < 4.78 is 25.5. The van der Waals surface area contributed by atoms with E-state index in [0.717, 1.165) is 37.3 Å². The highest BCUT2D eigenvalue weighted by Crippen LogP contribution is 2.37. The zero-order valence-corrected chi connectivity index (χ0v) is 17.3. The molecule has 3 heterocycles. The van der Waals surface area contributed by atoms with Crippen molar-refractivity contribution in [3.8, 4) is 0 Å². The van der Waals surface area contributed by atoms with E-state index < -0.39 is 0 Å². The summed E-state index contributed by atoms with van der Waals surface area (Å²) in [7, 11) is 1.71. The zero-order chi connectivity index (χ0) is 20.3. The van der Waals surface area contributed by atoms with Crippen molar-refractivity contribution < 1.29 is 18.7 Å². The van der Waals surface area contributed by atoms with Crippen LogP contribution in [0.25, 0.3) is 0 Å². The summed E-state index contributed by atoms with van der Waals surface area (Å²) in [6.07, 6.45) is 5.11. The minimum absolute atomic E-state index is 0.0150. The van der Waals surface area contributed by atoms with Gasteiger partial charge in [0.05, 0.1) is 18.2 Å². The number of amides is 1. The number of thiazole rings is 1. The first kappa shape index (κ1) is 20.4. The van der Waals surface area contributed by atoms with Gasteiger partial charge in [-0.25, -0.2) is 9.37 Å². The SMILES string of the molecule is COC1CN(CC(=O)Nc2ncc(Cc3ccccc3F)s2)CCC12CCCO2. The average molecular weight is 420 g/mol. The van der Waals surface area contributed by atoms with E-state index in [1.54, 1.807) is 25.4 Å². The molecular weight excluding hydrogens is 393 g/mol. The molecule has 2 atom stereocenters. The van der Waals surface area contributed by atoms with Crippen LogP contribution in [-0.4, -0.2) is 60.8 Å². The van der Waals surface area contributed by atoms with Gasteiger partial charge in [-0.05, 0) is 30.9 Å². The van der Waals surface area contributed by atoms with Gasteiger partial charge >= 0.3 is 0 Å². The maximum atomic E-state index is 13.8. The van der Waals surface area contributed by atoms with Crippen molar-refractivity contribution in [3.63, 3.8) is 0 Å². The molecule has 1 amide bonds. The van der Waals surface area contributed by atoms with Crippen LogP contribution in [0.15, 0.2) is 30.5 Å². The van der Waals surface area contributed by atoms with Gasteiger partial charge in [-0.15, -0.1) is 11.3 Å². The number of hydrogen-bond acceptors (Lipinski definition) is 6. The molecule has 2 aliphatic rings. The van der Waals surface area contributed by atoms with Gasteiger partial charge in [0.15, 0.2) is 5.13 Å². The Kier molecular flexibility index (Phi) is 6.24. The topological polar surface area (TPSA) is 63.7 Å². The second-order valence-electron chi connectivity index (χ2n) is 7.67. The van der Waals surface area contributed by atoms with Crippen LogP contribution in [-0.2, 0) is 20.7 Å². The van der Waals surface area contributed by atoms with Crippen molar-refractivity contribution in [2.24, 2.45) is 0 Å². The Balaban J connectivity index is 1.30. The molecule has 29 heavy (non-hydrogen) atoms. The normalized spacial score (nSPS) is 24.8. The molecule has 2 unspecified atom stereocenters. The van der Waals surface area contributed by atoms with Gasteiger partial charge in [0.1, 0.15) is 5.82 Å². The van der Waals surface area contributed by atoms with Crippen LogP contribution in [0.2, 0.25) is 0 Å². The first-order valence-corrected chi connectivity index (χ1v) is 10.8. The molecule has 1 spiro atoms. The van der Waals surface area contributed by atoms with Crippen LogP contribution in [0.3, 0.4) is 0 Å². The van der Waals surface area contributed by atoms with Crippen LogP contribution >= 0.6 is 11.3 Å². The van der Waals surface area contributed by atoms with E-state index in [4.69, 9.17) is 9.47 Å². The molecule has 0 aliphatic carbocycles. The smallest absolute Gasteiger partial charge is 0.240 e. The number of ether oxygens (including phenoxy) is 2. The van der Waals surface area contributed by atoms with Crippen LogP contribution in [0.5, 0.6) is 0 Å². The van der Waals surface area contributed by atoms with Crippen molar-refractivity contribution in [1.82, 2.24) is 9.88 Å². The standard InChI is InChI=1S/C21H26FN3O3S/c1-27-18-13-25(9-8-21(18)7-4-10-28-21)14-19(26)24-20-23-12-16(29-20)11-15-5-2-3-6-17(15)22/h2-3,5-6,12,18H,4,7-11,13-14H2,1H3,(H,23,24,26). The number of halogens is 1. The third-order valence-corrected chi connectivity index (χ3v) is 6.68. The third kappa shape index (κ3) is 4.66. The lowest BCUT2D eigenvalue weighted by Crippen LogP contribution is -2.57. The van der Waals surface area contributed by atoms with Gasteiger partial charge in [0.25, 0.3) is 0 Å². The van der Waals surface area contributed by atoms with Gasteiger partial charge in [0, 0.05) is 44.3 Å². The Bertz CT molecular complexity index is 853. The Morgan fingerprint density at radius 1 is 1.45 bits per heavy atom. The second kappa shape index (κ2) is 8.87. The number of carbonyl (C=O) groups excluding carboxylic acids is 1. The number of anilines is 1. The molecule has 0 radical (unpaired) electrons. The highest BCUT2D eigenvalue weighted by atomic mass is 32.1. The first-order chi connectivity index (χ1) is 14.1. The third-order valence-electron chi connectivity index (χ3n) is 5.77. The number of piperidine rings is 1. The molecule has 1 aromatic carbocycles. The average Bonchev–Trinajstić information content (AvgIpc) is 3.35. The lowest BCUT2D eigenvalue weighted by Gasteiger charge is -2.44. The Labute approximate surface area is 174 Å². The van der Waals surface area contributed by atoms with Crippen molar-refractivity contribution in [1.29, 1.82) is 0 Å². The fraction of sp³-hybridized carbons (Fsp3) is 0.524. The van der Waals surface area contributed by atoms with E-state index in [1.165, 1.54) is 17.4 Å². The molecule has 2 fully saturated rings.